The molecule has 0 fully saturated rings. The van der Waals surface area contributed by atoms with Crippen LogP contribution in [0.3, 0.4) is 0 Å². The molecule has 0 unspecified atom stereocenters. The monoisotopic (exact) mass is 655 g/mol. The average molecular weight is 656 g/mol. The molecule has 0 aliphatic rings. The Morgan fingerprint density at radius 1 is 0.294 bits per heavy atom. The minimum atomic E-state index is 1.12. The van der Waals surface area contributed by atoms with Crippen molar-refractivity contribution in [3.8, 4) is 22.3 Å². The highest BCUT2D eigenvalue weighted by molar-refractivity contribution is 6.11. The molecule has 0 aromatic heterocycles. The van der Waals surface area contributed by atoms with Crippen molar-refractivity contribution in [3.63, 3.8) is 0 Å². The first-order chi connectivity index (χ1) is 25.1. The number of hydrogen-bond acceptors (Lipinski definition) is 1. The van der Waals surface area contributed by atoms with Gasteiger partial charge in [-0.3, -0.25) is 0 Å². The van der Waals surface area contributed by atoms with Crippen LogP contribution in [0.1, 0.15) is 25.0 Å². The molecule has 0 atom stereocenters. The molecule has 0 aliphatic carbocycles. The maximum absolute atomic E-state index is 2.39. The van der Waals surface area contributed by atoms with Crippen molar-refractivity contribution in [2.45, 2.75) is 27.7 Å². The standard InChI is InChI=1S/C48H35N.C2H6/c1-32-8-6-12-47-43(32)26-20-38-30-41(24-28-45(38)47)49(42-25-29-46-39(31-42)21-27-44-33(2)9-7-13-48(44)46)40-22-18-37(19-23-40)36-16-14-35(15-17-36)34-10-4-3-5-11-34;1-2/h3-31H,1-2H3;1-2H3. The van der Waals surface area contributed by atoms with E-state index in [4.69, 9.17) is 0 Å². The summed E-state index contributed by atoms with van der Waals surface area (Å²) >= 11 is 0. The van der Waals surface area contributed by atoms with Crippen LogP contribution in [0.5, 0.6) is 0 Å². The second kappa shape index (κ2) is 13.6. The Labute approximate surface area is 301 Å². The fourth-order valence-corrected chi connectivity index (χ4v) is 7.50. The molecule has 0 saturated heterocycles. The molecule has 0 spiro atoms. The number of anilines is 3. The van der Waals surface area contributed by atoms with Crippen LogP contribution in [0.15, 0.2) is 176 Å². The Morgan fingerprint density at radius 3 is 1.16 bits per heavy atom. The fraction of sp³-hybridized carbons (Fsp3) is 0.0800. The molecule has 0 radical (unpaired) electrons. The van der Waals surface area contributed by atoms with E-state index < -0.39 is 0 Å². The summed E-state index contributed by atoms with van der Waals surface area (Å²) in [5.41, 5.74) is 10.9. The van der Waals surface area contributed by atoms with Gasteiger partial charge in [-0.1, -0.05) is 153 Å². The van der Waals surface area contributed by atoms with Crippen LogP contribution < -0.4 is 4.90 Å². The molecule has 0 heterocycles. The summed E-state index contributed by atoms with van der Waals surface area (Å²) < 4.78 is 0. The van der Waals surface area contributed by atoms with E-state index in [1.165, 1.54) is 76.5 Å². The zero-order valence-corrected chi connectivity index (χ0v) is 29.7. The third-order valence-corrected chi connectivity index (χ3v) is 10.1. The topological polar surface area (TPSA) is 3.24 Å². The third kappa shape index (κ3) is 5.92. The Hall–Kier alpha value is -6.18. The van der Waals surface area contributed by atoms with E-state index in [1.54, 1.807) is 0 Å². The van der Waals surface area contributed by atoms with Gasteiger partial charge in [0, 0.05) is 17.1 Å². The highest BCUT2D eigenvalue weighted by Crippen LogP contribution is 2.40. The number of nitrogens with zero attached hydrogens (tertiary/aromatic N) is 1. The van der Waals surface area contributed by atoms with Gasteiger partial charge in [0.25, 0.3) is 0 Å². The summed E-state index contributed by atoms with van der Waals surface area (Å²) in [5, 5.41) is 10.2. The largest absolute Gasteiger partial charge is 0.310 e. The smallest absolute Gasteiger partial charge is 0.0468 e. The molecule has 0 amide bonds. The molecule has 246 valence electrons. The fourth-order valence-electron chi connectivity index (χ4n) is 7.50. The van der Waals surface area contributed by atoms with Gasteiger partial charge in [0.15, 0.2) is 0 Å². The highest BCUT2D eigenvalue weighted by atomic mass is 15.1. The second-order valence-corrected chi connectivity index (χ2v) is 13.1. The van der Waals surface area contributed by atoms with Crippen LogP contribution in [-0.2, 0) is 0 Å². The molecule has 0 aliphatic heterocycles. The maximum Gasteiger partial charge on any atom is 0.0468 e. The lowest BCUT2D eigenvalue weighted by molar-refractivity contribution is 1.29. The van der Waals surface area contributed by atoms with E-state index in [-0.39, 0.29) is 0 Å². The van der Waals surface area contributed by atoms with Gasteiger partial charge in [0.1, 0.15) is 0 Å². The lowest BCUT2D eigenvalue weighted by Crippen LogP contribution is -2.10. The van der Waals surface area contributed by atoms with Crippen molar-refractivity contribution in [1.29, 1.82) is 0 Å². The molecule has 9 aromatic rings. The van der Waals surface area contributed by atoms with Crippen molar-refractivity contribution >= 4 is 60.2 Å². The molecule has 51 heavy (non-hydrogen) atoms. The predicted molar refractivity (Wildman–Crippen MR) is 223 cm³/mol. The molecule has 9 rings (SSSR count). The van der Waals surface area contributed by atoms with E-state index in [1.807, 2.05) is 13.8 Å². The number of fused-ring (bicyclic) bond motifs is 6. The number of rotatable bonds is 5. The Morgan fingerprint density at radius 2 is 0.686 bits per heavy atom. The van der Waals surface area contributed by atoms with Crippen LogP contribution in [0.2, 0.25) is 0 Å². The lowest BCUT2D eigenvalue weighted by atomic mass is 9.97. The van der Waals surface area contributed by atoms with Gasteiger partial charge >= 0.3 is 0 Å². The summed E-state index contributed by atoms with van der Waals surface area (Å²) in [6.45, 7) is 8.38. The van der Waals surface area contributed by atoms with E-state index in [2.05, 4.69) is 195 Å². The maximum atomic E-state index is 2.39. The third-order valence-electron chi connectivity index (χ3n) is 10.1. The van der Waals surface area contributed by atoms with Gasteiger partial charge < -0.3 is 4.90 Å². The molecular formula is C50H41N. The zero-order valence-electron chi connectivity index (χ0n) is 29.7. The van der Waals surface area contributed by atoms with Crippen molar-refractivity contribution in [3.05, 3.63) is 187 Å². The first kappa shape index (κ1) is 32.0. The van der Waals surface area contributed by atoms with Gasteiger partial charge in [0.05, 0.1) is 0 Å². The number of hydrogen-bond donors (Lipinski definition) is 0. The lowest BCUT2D eigenvalue weighted by Gasteiger charge is -2.27. The molecule has 1 heteroatoms. The number of aryl methyl sites for hydroxylation is 2. The molecule has 0 saturated carbocycles. The molecule has 1 nitrogen and oxygen atoms in total. The minimum absolute atomic E-state index is 1.12. The summed E-state index contributed by atoms with van der Waals surface area (Å²) in [5.74, 6) is 0. The summed E-state index contributed by atoms with van der Waals surface area (Å²) in [6, 6.07) is 64.5. The van der Waals surface area contributed by atoms with Crippen LogP contribution in [0.25, 0.3) is 65.3 Å². The number of benzene rings is 9. The zero-order chi connectivity index (χ0) is 34.9. The molecule has 9 aromatic carbocycles. The first-order valence-corrected chi connectivity index (χ1v) is 18.0. The quantitative estimate of drug-likeness (QED) is 0.167. The summed E-state index contributed by atoms with van der Waals surface area (Å²) in [6.07, 6.45) is 0. The summed E-state index contributed by atoms with van der Waals surface area (Å²) in [7, 11) is 0. The van der Waals surface area contributed by atoms with Gasteiger partial charge in [-0.25, -0.2) is 0 Å². The predicted octanol–water partition coefficient (Wildman–Crippen LogP) is 14.7. The van der Waals surface area contributed by atoms with Crippen molar-refractivity contribution < 1.29 is 0 Å². The van der Waals surface area contributed by atoms with Gasteiger partial charge in [-0.2, -0.15) is 0 Å². The van der Waals surface area contributed by atoms with Gasteiger partial charge in [-0.05, 0) is 127 Å². The van der Waals surface area contributed by atoms with Crippen molar-refractivity contribution in [2.24, 2.45) is 0 Å². The summed E-state index contributed by atoms with van der Waals surface area (Å²) in [4.78, 5) is 2.39. The van der Waals surface area contributed by atoms with Gasteiger partial charge in [0.2, 0.25) is 0 Å². The molecular weight excluding hydrogens is 615 g/mol. The minimum Gasteiger partial charge on any atom is -0.310 e. The van der Waals surface area contributed by atoms with Gasteiger partial charge in [-0.15, -0.1) is 0 Å². The van der Waals surface area contributed by atoms with E-state index in [0.29, 0.717) is 0 Å². The van der Waals surface area contributed by atoms with Crippen molar-refractivity contribution in [2.75, 3.05) is 4.90 Å². The van der Waals surface area contributed by atoms with E-state index >= 15 is 0 Å². The average Bonchev–Trinajstić information content (AvgIpc) is 3.19. The van der Waals surface area contributed by atoms with Crippen LogP contribution in [0, 0.1) is 13.8 Å². The molecule has 0 N–H and O–H groups in total. The SMILES string of the molecule is CC.Cc1cccc2c1ccc1cc(N(c3ccc(-c4ccc(-c5ccccc5)cc4)cc3)c3ccc4c(ccc5c(C)cccc54)c3)ccc12. The Bertz CT molecular complexity index is 2530. The van der Waals surface area contributed by atoms with Crippen LogP contribution >= 0.6 is 0 Å². The van der Waals surface area contributed by atoms with Crippen molar-refractivity contribution in [1.82, 2.24) is 0 Å². The van der Waals surface area contributed by atoms with Crippen LogP contribution in [0.4, 0.5) is 17.1 Å². The Kier molecular flexibility index (Phi) is 8.56. The normalized spacial score (nSPS) is 11.1. The Balaban J connectivity index is 0.00000184. The van der Waals surface area contributed by atoms with E-state index in [0.717, 1.165) is 17.1 Å². The molecule has 0 bridgehead atoms. The first-order valence-electron chi connectivity index (χ1n) is 18.0. The van der Waals surface area contributed by atoms with Crippen LogP contribution in [-0.4, -0.2) is 0 Å². The highest BCUT2D eigenvalue weighted by Gasteiger charge is 2.16. The van der Waals surface area contributed by atoms with E-state index in [9.17, 15) is 0 Å². The second-order valence-electron chi connectivity index (χ2n) is 13.1.